The molecule has 0 spiro atoms. The molecule has 0 unspecified atom stereocenters. The summed E-state index contributed by atoms with van der Waals surface area (Å²) in [6.07, 6.45) is -0.783. The van der Waals surface area contributed by atoms with Crippen LogP contribution < -0.4 is 0 Å². The van der Waals surface area contributed by atoms with Crippen molar-refractivity contribution in [3.8, 4) is 0 Å². The predicted octanol–water partition coefficient (Wildman–Crippen LogP) is 0.851. The summed E-state index contributed by atoms with van der Waals surface area (Å²) < 4.78 is 14.0. The van der Waals surface area contributed by atoms with E-state index in [1.807, 2.05) is 0 Å². The molecule has 12 heteroatoms. The Morgan fingerprint density at radius 3 is 1.33 bits per heavy atom. The molecule has 0 aromatic heterocycles. The van der Waals surface area contributed by atoms with Crippen LogP contribution in [0.15, 0.2) is 0 Å². The minimum atomic E-state index is -1.03. The Labute approximate surface area is 173 Å². The summed E-state index contributed by atoms with van der Waals surface area (Å²) in [6, 6.07) is 0. The lowest BCUT2D eigenvalue weighted by atomic mass is 9.94. The molecular weight excluding hydrogens is 408 g/mol. The van der Waals surface area contributed by atoms with Crippen molar-refractivity contribution in [1.29, 1.82) is 0 Å². The number of hydrogen-bond donors (Lipinski definition) is 3. The molecule has 0 aliphatic carbocycles. The molecule has 0 rings (SSSR count). The number of ether oxygens (including phenoxy) is 3. The second-order valence-corrected chi connectivity index (χ2v) is 6.17. The monoisotopic (exact) mass is 436 g/mol. The van der Waals surface area contributed by atoms with Crippen LogP contribution in [0.1, 0.15) is 52.9 Å². The Morgan fingerprint density at radius 1 is 0.667 bits per heavy atom. The maximum atomic E-state index is 10.6. The van der Waals surface area contributed by atoms with E-state index in [0.717, 1.165) is 0 Å². The van der Waals surface area contributed by atoms with E-state index in [0.29, 0.717) is 0 Å². The number of carbonyl (C=O) groups is 6. The van der Waals surface area contributed by atoms with Gasteiger partial charge in [-0.1, -0.05) is 0 Å². The fraction of sp³-hybridized carbons (Fsp3) is 0.667. The van der Waals surface area contributed by atoms with Crippen molar-refractivity contribution >= 4 is 35.8 Å². The number of aliphatic carboxylic acids is 3. The van der Waals surface area contributed by atoms with Crippen LogP contribution in [0.2, 0.25) is 0 Å². The number of carboxylic acid groups (broad SMARTS) is 3. The summed E-state index contributed by atoms with van der Waals surface area (Å²) in [4.78, 5) is 62.6. The first-order valence-corrected chi connectivity index (χ1v) is 8.92. The van der Waals surface area contributed by atoms with Gasteiger partial charge in [0.25, 0.3) is 0 Å². The Hall–Kier alpha value is -3.18. The second kappa shape index (κ2) is 16.7. The van der Waals surface area contributed by atoms with E-state index in [1.165, 1.54) is 20.8 Å². The minimum absolute atomic E-state index is 0.123. The van der Waals surface area contributed by atoms with Crippen molar-refractivity contribution in [2.75, 3.05) is 13.2 Å². The Bertz CT molecular complexity index is 510. The standard InChI is InChI=1S/2C9H14O6/c1-6(10)13-4-9(15-8(3)12)5-14-7(2)11;10-7(11)3-1-6(5-9(14)15)2-4-8(12)13/h9H,4-5H2,1-3H3;6H,1-5H2,(H,10,11)(H,12,13)(H,14,15). The zero-order valence-electron chi connectivity index (χ0n) is 17.1. The van der Waals surface area contributed by atoms with Gasteiger partial charge in [-0.05, 0) is 18.8 Å². The zero-order chi connectivity index (χ0) is 23.7. The van der Waals surface area contributed by atoms with Gasteiger partial charge in [-0.15, -0.1) is 0 Å². The zero-order valence-corrected chi connectivity index (χ0v) is 17.1. The van der Waals surface area contributed by atoms with Crippen LogP contribution in [0.3, 0.4) is 0 Å². The fourth-order valence-corrected chi connectivity index (χ4v) is 2.02. The summed E-state index contributed by atoms with van der Waals surface area (Å²) in [5, 5.41) is 25.3. The Morgan fingerprint density at radius 2 is 1.07 bits per heavy atom. The molecule has 12 nitrogen and oxygen atoms in total. The topological polar surface area (TPSA) is 191 Å². The highest BCUT2D eigenvalue weighted by Gasteiger charge is 2.16. The molecule has 0 aliphatic rings. The SMILES string of the molecule is CC(=O)OCC(COC(C)=O)OC(C)=O.O=C(O)CCC(CCC(=O)O)CC(=O)O. The first kappa shape index (κ1) is 29.0. The summed E-state index contributed by atoms with van der Waals surface area (Å²) in [7, 11) is 0. The Balaban J connectivity index is 0. The van der Waals surface area contributed by atoms with E-state index in [-0.39, 0.29) is 51.2 Å². The molecule has 3 N–H and O–H groups in total. The van der Waals surface area contributed by atoms with Crippen LogP contribution in [-0.2, 0) is 43.0 Å². The van der Waals surface area contributed by atoms with E-state index in [2.05, 4.69) is 9.47 Å². The molecule has 0 atom stereocenters. The van der Waals surface area contributed by atoms with Gasteiger partial charge >= 0.3 is 35.8 Å². The fourth-order valence-electron chi connectivity index (χ4n) is 2.02. The largest absolute Gasteiger partial charge is 0.481 e. The van der Waals surface area contributed by atoms with Crippen LogP contribution in [0, 0.1) is 5.92 Å². The van der Waals surface area contributed by atoms with Crippen molar-refractivity contribution in [3.05, 3.63) is 0 Å². The summed E-state index contributed by atoms with van der Waals surface area (Å²) in [5.74, 6) is -4.92. The van der Waals surface area contributed by atoms with Crippen molar-refractivity contribution in [2.24, 2.45) is 5.92 Å². The molecular formula is C18H28O12. The molecule has 0 amide bonds. The molecule has 0 saturated carbocycles. The van der Waals surface area contributed by atoms with Gasteiger partial charge in [-0.25, -0.2) is 0 Å². The maximum Gasteiger partial charge on any atom is 0.303 e. The quantitative estimate of drug-likeness (QED) is 0.273. The third kappa shape index (κ3) is 22.9. The van der Waals surface area contributed by atoms with Gasteiger partial charge in [0.2, 0.25) is 0 Å². The summed E-state index contributed by atoms with van der Waals surface area (Å²) >= 11 is 0. The van der Waals surface area contributed by atoms with Gasteiger partial charge in [0.15, 0.2) is 6.10 Å². The Kier molecular flexibility index (Phi) is 16.2. The molecule has 172 valence electrons. The third-order valence-corrected chi connectivity index (χ3v) is 3.27. The van der Waals surface area contributed by atoms with E-state index < -0.39 is 41.9 Å². The molecule has 0 radical (unpaired) electrons. The van der Waals surface area contributed by atoms with Crippen molar-refractivity contribution in [3.63, 3.8) is 0 Å². The van der Waals surface area contributed by atoms with Crippen molar-refractivity contribution in [2.45, 2.75) is 59.0 Å². The molecule has 0 aromatic rings. The van der Waals surface area contributed by atoms with E-state index in [9.17, 15) is 28.8 Å². The highest BCUT2D eigenvalue weighted by Crippen LogP contribution is 2.17. The number of rotatable bonds is 13. The van der Waals surface area contributed by atoms with Gasteiger partial charge in [-0.2, -0.15) is 0 Å². The normalized spacial score (nSPS) is 9.90. The lowest BCUT2D eigenvalue weighted by molar-refractivity contribution is -0.163. The molecule has 0 fully saturated rings. The van der Waals surface area contributed by atoms with Crippen LogP contribution in [0.4, 0.5) is 0 Å². The smallest absolute Gasteiger partial charge is 0.303 e. The molecule has 30 heavy (non-hydrogen) atoms. The minimum Gasteiger partial charge on any atom is -0.481 e. The first-order valence-electron chi connectivity index (χ1n) is 8.92. The lowest BCUT2D eigenvalue weighted by Gasteiger charge is -2.15. The van der Waals surface area contributed by atoms with E-state index >= 15 is 0 Å². The van der Waals surface area contributed by atoms with E-state index in [1.54, 1.807) is 0 Å². The van der Waals surface area contributed by atoms with Gasteiger partial charge in [-0.3, -0.25) is 28.8 Å². The summed E-state index contributed by atoms with van der Waals surface area (Å²) in [5.41, 5.74) is 0. The molecule has 0 bridgehead atoms. The van der Waals surface area contributed by atoms with Gasteiger partial charge in [0, 0.05) is 40.0 Å². The number of carboxylic acids is 3. The van der Waals surface area contributed by atoms with Crippen LogP contribution in [0.25, 0.3) is 0 Å². The number of carbonyl (C=O) groups excluding carboxylic acids is 3. The first-order chi connectivity index (χ1) is 13.8. The number of esters is 3. The van der Waals surface area contributed by atoms with E-state index in [4.69, 9.17) is 20.1 Å². The van der Waals surface area contributed by atoms with Crippen LogP contribution in [-0.4, -0.2) is 70.5 Å². The molecule has 0 saturated heterocycles. The maximum absolute atomic E-state index is 10.6. The molecule has 0 aliphatic heterocycles. The van der Waals surface area contributed by atoms with Crippen LogP contribution >= 0.6 is 0 Å². The lowest BCUT2D eigenvalue weighted by Crippen LogP contribution is -2.29. The second-order valence-electron chi connectivity index (χ2n) is 6.17. The predicted molar refractivity (Wildman–Crippen MR) is 98.3 cm³/mol. The third-order valence-electron chi connectivity index (χ3n) is 3.27. The van der Waals surface area contributed by atoms with Gasteiger partial charge in [0.05, 0.1) is 0 Å². The van der Waals surface area contributed by atoms with Gasteiger partial charge in [0.1, 0.15) is 13.2 Å². The highest BCUT2D eigenvalue weighted by molar-refractivity contribution is 5.69. The highest BCUT2D eigenvalue weighted by atomic mass is 16.6. The van der Waals surface area contributed by atoms with Gasteiger partial charge < -0.3 is 29.5 Å². The van der Waals surface area contributed by atoms with Crippen molar-refractivity contribution in [1.82, 2.24) is 0 Å². The van der Waals surface area contributed by atoms with Crippen LogP contribution in [0.5, 0.6) is 0 Å². The molecule has 0 aromatic carbocycles. The van der Waals surface area contributed by atoms with Crippen molar-refractivity contribution < 1.29 is 58.3 Å². The number of hydrogen-bond acceptors (Lipinski definition) is 9. The average molecular weight is 436 g/mol. The average Bonchev–Trinajstić information content (AvgIpc) is 2.59. The molecule has 0 heterocycles. The summed E-state index contributed by atoms with van der Waals surface area (Å²) in [6.45, 7) is 3.44.